The summed E-state index contributed by atoms with van der Waals surface area (Å²) in [5.41, 5.74) is 5.88. The molecule has 176 valence electrons. The second kappa shape index (κ2) is 8.37. The lowest BCUT2D eigenvalue weighted by molar-refractivity contribution is -0.142. The first-order valence-corrected chi connectivity index (χ1v) is 10.7. The molecule has 0 unspecified atom stereocenters. The Balaban J connectivity index is 1.86. The van der Waals surface area contributed by atoms with Gasteiger partial charge < -0.3 is 19.8 Å². The van der Waals surface area contributed by atoms with Crippen molar-refractivity contribution in [3.63, 3.8) is 0 Å². The van der Waals surface area contributed by atoms with E-state index in [-0.39, 0.29) is 23.1 Å². The van der Waals surface area contributed by atoms with Crippen LogP contribution in [-0.4, -0.2) is 36.4 Å². The van der Waals surface area contributed by atoms with E-state index in [0.29, 0.717) is 29.0 Å². The van der Waals surface area contributed by atoms with Crippen LogP contribution in [-0.2, 0) is 18.2 Å². The van der Waals surface area contributed by atoms with Gasteiger partial charge in [-0.05, 0) is 52.1 Å². The summed E-state index contributed by atoms with van der Waals surface area (Å²) in [6.07, 6.45) is -0.786. The number of hydrogen-bond acceptors (Lipinski definition) is 5. The van der Waals surface area contributed by atoms with Crippen molar-refractivity contribution in [2.45, 2.75) is 44.4 Å². The van der Waals surface area contributed by atoms with Crippen molar-refractivity contribution in [1.29, 1.82) is 0 Å². The number of aromatic nitrogens is 1. The van der Waals surface area contributed by atoms with Crippen LogP contribution in [0, 0.1) is 6.92 Å². The van der Waals surface area contributed by atoms with E-state index >= 15 is 0 Å². The van der Waals surface area contributed by atoms with E-state index in [1.165, 1.54) is 12.1 Å². The summed E-state index contributed by atoms with van der Waals surface area (Å²) in [6, 6.07) is 6.17. The van der Waals surface area contributed by atoms with Crippen LogP contribution in [0.2, 0.25) is 0 Å². The van der Waals surface area contributed by atoms with Crippen LogP contribution in [0.25, 0.3) is 11.0 Å². The van der Waals surface area contributed by atoms with Gasteiger partial charge in [-0.3, -0.25) is 9.78 Å². The standard InChI is InChI=1S/C24H26F3N3O3/c1-14-18(22(28)31)19-16(33-14)7-8-17(20(19)23(9-5-10-23)13-30(2)3)32-12-15-6-4-11-29-21(15)24(25,26)27/h4,6-8,11H,5,9-10,12-13H2,1-3H3,(H2,28,31). The number of carbonyl (C=O) groups excluding carboxylic acids is 1. The molecule has 1 aliphatic carbocycles. The SMILES string of the molecule is Cc1oc2ccc(OCc3cccnc3C(F)(F)F)c(C3(CN(C)C)CCC3)c2c1C(N)=O. The first kappa shape index (κ1) is 23.1. The van der Waals surface area contributed by atoms with E-state index in [4.69, 9.17) is 14.9 Å². The number of furan rings is 1. The molecule has 33 heavy (non-hydrogen) atoms. The van der Waals surface area contributed by atoms with Gasteiger partial charge in [0.25, 0.3) is 5.91 Å². The summed E-state index contributed by atoms with van der Waals surface area (Å²) in [4.78, 5) is 17.9. The smallest absolute Gasteiger partial charge is 0.433 e. The van der Waals surface area contributed by atoms with Crippen molar-refractivity contribution >= 4 is 16.9 Å². The minimum absolute atomic E-state index is 0.0650. The Morgan fingerprint density at radius 1 is 1.27 bits per heavy atom. The fourth-order valence-electron chi connectivity index (χ4n) is 4.90. The highest BCUT2D eigenvalue weighted by Crippen LogP contribution is 2.51. The van der Waals surface area contributed by atoms with Crippen molar-refractivity contribution in [2.75, 3.05) is 20.6 Å². The molecule has 9 heteroatoms. The predicted molar refractivity (Wildman–Crippen MR) is 117 cm³/mol. The molecule has 2 aromatic heterocycles. The average molecular weight is 461 g/mol. The number of pyridine rings is 1. The number of benzene rings is 1. The number of primary amides is 1. The molecule has 1 fully saturated rings. The second-order valence-corrected chi connectivity index (χ2v) is 8.88. The van der Waals surface area contributed by atoms with Crippen molar-refractivity contribution < 1.29 is 27.1 Å². The minimum atomic E-state index is -4.59. The monoisotopic (exact) mass is 461 g/mol. The summed E-state index contributed by atoms with van der Waals surface area (Å²) < 4.78 is 52.1. The van der Waals surface area contributed by atoms with Gasteiger partial charge in [0.1, 0.15) is 23.7 Å². The molecule has 0 spiro atoms. The van der Waals surface area contributed by atoms with E-state index in [2.05, 4.69) is 9.88 Å². The van der Waals surface area contributed by atoms with Gasteiger partial charge in [-0.1, -0.05) is 12.5 Å². The molecule has 1 aromatic carbocycles. The Morgan fingerprint density at radius 3 is 2.58 bits per heavy atom. The lowest BCUT2D eigenvalue weighted by Crippen LogP contribution is -2.44. The topological polar surface area (TPSA) is 81.6 Å². The Labute approximate surface area is 189 Å². The summed E-state index contributed by atoms with van der Waals surface area (Å²) in [6.45, 7) is 2.04. The van der Waals surface area contributed by atoms with Crippen LogP contribution in [0.15, 0.2) is 34.9 Å². The lowest BCUT2D eigenvalue weighted by atomic mass is 9.63. The zero-order valence-electron chi connectivity index (χ0n) is 18.8. The van der Waals surface area contributed by atoms with Gasteiger partial charge in [-0.2, -0.15) is 13.2 Å². The van der Waals surface area contributed by atoms with Gasteiger partial charge in [0.2, 0.25) is 0 Å². The number of rotatable bonds is 7. The highest BCUT2D eigenvalue weighted by molar-refractivity contribution is 6.08. The Morgan fingerprint density at radius 2 is 2.00 bits per heavy atom. The van der Waals surface area contributed by atoms with Crippen molar-refractivity contribution in [1.82, 2.24) is 9.88 Å². The molecule has 1 amide bonds. The lowest BCUT2D eigenvalue weighted by Gasteiger charge is -2.45. The van der Waals surface area contributed by atoms with Gasteiger partial charge in [-0.15, -0.1) is 0 Å². The maximum atomic E-state index is 13.4. The van der Waals surface area contributed by atoms with Crippen molar-refractivity contribution in [3.05, 3.63) is 58.6 Å². The molecule has 0 atom stereocenters. The van der Waals surface area contributed by atoms with Gasteiger partial charge >= 0.3 is 6.18 Å². The first-order chi connectivity index (χ1) is 15.5. The molecule has 0 bridgehead atoms. The summed E-state index contributed by atoms with van der Waals surface area (Å²) in [7, 11) is 3.92. The fraction of sp³-hybridized carbons (Fsp3) is 0.417. The summed E-state index contributed by atoms with van der Waals surface area (Å²) in [5, 5.41) is 0.585. The number of amides is 1. The molecule has 1 aliphatic rings. The maximum Gasteiger partial charge on any atom is 0.433 e. The van der Waals surface area contributed by atoms with E-state index in [1.54, 1.807) is 19.1 Å². The number of nitrogens with zero attached hydrogens (tertiary/aromatic N) is 2. The molecule has 2 heterocycles. The van der Waals surface area contributed by atoms with E-state index in [9.17, 15) is 18.0 Å². The second-order valence-electron chi connectivity index (χ2n) is 8.88. The van der Waals surface area contributed by atoms with Crippen LogP contribution in [0.5, 0.6) is 5.75 Å². The third-order valence-electron chi connectivity index (χ3n) is 6.24. The Bertz CT molecular complexity index is 1200. The Kier molecular flexibility index (Phi) is 5.86. The van der Waals surface area contributed by atoms with Crippen molar-refractivity contribution in [2.24, 2.45) is 5.73 Å². The molecule has 4 rings (SSSR count). The number of carbonyl (C=O) groups is 1. The number of aryl methyl sites for hydroxylation is 1. The molecule has 1 saturated carbocycles. The average Bonchev–Trinajstić information content (AvgIpc) is 3.04. The Hall–Kier alpha value is -3.07. The fourth-order valence-corrected chi connectivity index (χ4v) is 4.90. The highest BCUT2D eigenvalue weighted by atomic mass is 19.4. The quantitative estimate of drug-likeness (QED) is 0.546. The molecule has 0 radical (unpaired) electrons. The molecule has 2 N–H and O–H groups in total. The largest absolute Gasteiger partial charge is 0.488 e. The molecule has 0 saturated heterocycles. The van der Waals surface area contributed by atoms with E-state index in [0.717, 1.165) is 31.0 Å². The first-order valence-electron chi connectivity index (χ1n) is 10.7. The number of fused-ring (bicyclic) bond motifs is 1. The van der Waals surface area contributed by atoms with Gasteiger partial charge in [0.15, 0.2) is 5.69 Å². The molecule has 0 aliphatic heterocycles. The predicted octanol–water partition coefficient (Wildman–Crippen LogP) is 4.82. The van der Waals surface area contributed by atoms with E-state index < -0.39 is 17.8 Å². The number of likely N-dealkylation sites (N-methyl/N-ethyl adjacent to an activating group) is 1. The zero-order valence-corrected chi connectivity index (χ0v) is 18.8. The van der Waals surface area contributed by atoms with Gasteiger partial charge in [0.05, 0.1) is 5.56 Å². The number of hydrogen-bond donors (Lipinski definition) is 1. The molecular weight excluding hydrogens is 435 g/mol. The zero-order chi connectivity index (χ0) is 24.0. The molecular formula is C24H26F3N3O3. The van der Waals surface area contributed by atoms with Crippen LogP contribution in [0.3, 0.4) is 0 Å². The molecule has 3 aromatic rings. The number of nitrogens with two attached hydrogens (primary N) is 1. The van der Waals surface area contributed by atoms with Crippen LogP contribution >= 0.6 is 0 Å². The van der Waals surface area contributed by atoms with Gasteiger partial charge in [-0.25, -0.2) is 0 Å². The number of halogens is 3. The van der Waals surface area contributed by atoms with Crippen molar-refractivity contribution in [3.8, 4) is 5.75 Å². The van der Waals surface area contributed by atoms with Gasteiger partial charge in [0, 0.05) is 34.7 Å². The third-order valence-corrected chi connectivity index (χ3v) is 6.24. The third kappa shape index (κ3) is 4.17. The highest BCUT2D eigenvalue weighted by Gasteiger charge is 2.44. The molecule has 6 nitrogen and oxygen atoms in total. The van der Waals surface area contributed by atoms with Crippen LogP contribution in [0.4, 0.5) is 13.2 Å². The summed E-state index contributed by atoms with van der Waals surface area (Å²) in [5.74, 6) is 0.210. The number of ether oxygens (including phenoxy) is 1. The van der Waals surface area contributed by atoms with E-state index in [1.807, 2.05) is 14.1 Å². The summed E-state index contributed by atoms with van der Waals surface area (Å²) >= 11 is 0. The minimum Gasteiger partial charge on any atom is -0.488 e. The normalized spacial score (nSPS) is 15.6. The van der Waals surface area contributed by atoms with Crippen LogP contribution < -0.4 is 10.5 Å². The van der Waals surface area contributed by atoms with Crippen LogP contribution in [0.1, 0.15) is 52.2 Å². The maximum absolute atomic E-state index is 13.4. The number of alkyl halides is 3.